The summed E-state index contributed by atoms with van der Waals surface area (Å²) in [6, 6.07) is 7.86. The zero-order chi connectivity index (χ0) is 26.8. The molecule has 1 aromatic carbocycles. The summed E-state index contributed by atoms with van der Waals surface area (Å²) >= 11 is 0. The second-order valence-electron chi connectivity index (χ2n) is 12.2. The monoisotopic (exact) mass is 522 g/mol. The second kappa shape index (κ2) is 11.4. The Balaban J connectivity index is 1.28. The predicted octanol–water partition coefficient (Wildman–Crippen LogP) is 3.24. The lowest BCUT2D eigenvalue weighted by Crippen LogP contribution is -2.60. The molecule has 3 fully saturated rings. The number of piperidine rings is 2. The van der Waals surface area contributed by atoms with Crippen LogP contribution in [0.15, 0.2) is 24.3 Å². The summed E-state index contributed by atoms with van der Waals surface area (Å²) in [4.78, 5) is 45.2. The Morgan fingerprint density at radius 2 is 1.79 bits per heavy atom. The van der Waals surface area contributed by atoms with E-state index in [2.05, 4.69) is 41.2 Å². The van der Waals surface area contributed by atoms with Gasteiger partial charge in [-0.15, -0.1) is 0 Å². The van der Waals surface area contributed by atoms with Crippen LogP contribution in [0, 0.1) is 23.7 Å². The molecule has 1 aromatic heterocycles. The molecule has 4 heterocycles. The highest BCUT2D eigenvalue weighted by atomic mass is 16.2. The summed E-state index contributed by atoms with van der Waals surface area (Å²) < 4.78 is 0. The van der Waals surface area contributed by atoms with E-state index in [9.17, 15) is 14.4 Å². The molecule has 38 heavy (non-hydrogen) atoms. The molecule has 5 rings (SSSR count). The number of hydrogen-bond donors (Lipinski definition) is 1. The molecule has 5 atom stereocenters. The normalized spacial score (nSPS) is 29.3. The highest BCUT2D eigenvalue weighted by Crippen LogP contribution is 2.36. The van der Waals surface area contributed by atoms with E-state index in [0.29, 0.717) is 38.4 Å². The molecule has 3 aliphatic heterocycles. The van der Waals surface area contributed by atoms with Gasteiger partial charge in [0, 0.05) is 44.6 Å². The lowest BCUT2D eigenvalue weighted by Gasteiger charge is -2.51. The van der Waals surface area contributed by atoms with E-state index >= 15 is 0 Å². The first-order chi connectivity index (χ1) is 18.3. The molecule has 1 N–H and O–H groups in total. The number of benzene rings is 1. The van der Waals surface area contributed by atoms with Crippen LogP contribution in [-0.4, -0.2) is 74.2 Å². The van der Waals surface area contributed by atoms with Crippen LogP contribution in [0.5, 0.6) is 0 Å². The molecule has 0 radical (unpaired) electrons. The van der Waals surface area contributed by atoms with Crippen LogP contribution < -0.4 is 5.32 Å². The number of aromatic nitrogens is 3. The molecule has 9 heteroatoms. The number of carbonyl (C=O) groups excluding carboxylic acids is 3. The maximum Gasteiger partial charge on any atom is 0.246 e. The van der Waals surface area contributed by atoms with Crippen LogP contribution in [0.3, 0.4) is 0 Å². The third-order valence-corrected chi connectivity index (χ3v) is 8.80. The first-order valence-electron chi connectivity index (χ1n) is 14.4. The smallest absolute Gasteiger partial charge is 0.246 e. The Bertz CT molecular complexity index is 1130. The number of nitrogens with zero attached hydrogens (tertiary/aromatic N) is 5. The zero-order valence-electron chi connectivity index (χ0n) is 23.0. The standard InChI is InChI=1S/C29H42N6O3/c1-19(2)23-12-11-20(3)13-28(37)34-16-21-14-22(26(34)9-6-10-27(36)30-23)17-33(15-21)29(38)18-35-31-24-7-4-5-8-25(24)32-35/h4-5,7-8,19-23,26H,6,9-18H2,1-3H3,(H,30,36)/t20-,21+,22-,23+,26+/m1/s1. The van der Waals surface area contributed by atoms with E-state index < -0.39 is 0 Å². The minimum absolute atomic E-state index is 0.0251. The third-order valence-electron chi connectivity index (χ3n) is 8.80. The van der Waals surface area contributed by atoms with Gasteiger partial charge in [0.15, 0.2) is 0 Å². The highest BCUT2D eigenvalue weighted by Gasteiger charge is 2.43. The fraction of sp³-hybridized carbons (Fsp3) is 0.690. The molecule has 9 nitrogen and oxygen atoms in total. The van der Waals surface area contributed by atoms with Crippen molar-refractivity contribution in [2.24, 2.45) is 23.7 Å². The van der Waals surface area contributed by atoms with E-state index in [4.69, 9.17) is 0 Å². The molecule has 3 amide bonds. The van der Waals surface area contributed by atoms with Crippen LogP contribution in [0.25, 0.3) is 11.0 Å². The molecular formula is C29H42N6O3. The molecular weight excluding hydrogens is 480 g/mol. The molecule has 0 saturated carbocycles. The van der Waals surface area contributed by atoms with E-state index in [1.807, 2.05) is 29.2 Å². The van der Waals surface area contributed by atoms with Crippen molar-refractivity contribution in [2.45, 2.75) is 84.3 Å². The lowest BCUT2D eigenvalue weighted by molar-refractivity contribution is -0.146. The molecule has 206 valence electrons. The molecule has 3 saturated heterocycles. The topological polar surface area (TPSA) is 100 Å². The summed E-state index contributed by atoms with van der Waals surface area (Å²) in [5, 5.41) is 12.2. The Morgan fingerprint density at radius 1 is 1.05 bits per heavy atom. The SMILES string of the molecule is CC(C)[C@@H]1CC[C@@H](C)CC(=O)N2C[C@H]3C[C@H](CN(C(=O)Cn4nc5ccccc5n4)C3)[C@@H]2CCCC(=O)N1. The highest BCUT2D eigenvalue weighted by molar-refractivity contribution is 5.79. The minimum Gasteiger partial charge on any atom is -0.353 e. The van der Waals surface area contributed by atoms with E-state index in [1.165, 1.54) is 4.80 Å². The molecule has 0 aliphatic carbocycles. The Labute approximate surface area is 225 Å². The number of carbonyl (C=O) groups is 3. The second-order valence-corrected chi connectivity index (χ2v) is 12.2. The largest absolute Gasteiger partial charge is 0.353 e. The molecule has 0 unspecified atom stereocenters. The first-order valence-corrected chi connectivity index (χ1v) is 14.4. The molecule has 3 aliphatic rings. The Morgan fingerprint density at radius 3 is 2.50 bits per heavy atom. The maximum absolute atomic E-state index is 13.6. The lowest BCUT2D eigenvalue weighted by atomic mass is 9.77. The van der Waals surface area contributed by atoms with Gasteiger partial charge in [0.25, 0.3) is 0 Å². The van der Waals surface area contributed by atoms with Gasteiger partial charge in [-0.05, 0) is 67.9 Å². The van der Waals surface area contributed by atoms with Gasteiger partial charge in [-0.25, -0.2) is 0 Å². The number of nitrogens with one attached hydrogen (secondary N) is 1. The van der Waals surface area contributed by atoms with Crippen LogP contribution in [0.2, 0.25) is 0 Å². The van der Waals surface area contributed by atoms with Crippen molar-refractivity contribution < 1.29 is 14.4 Å². The van der Waals surface area contributed by atoms with E-state index in [0.717, 1.165) is 43.1 Å². The summed E-state index contributed by atoms with van der Waals surface area (Å²) in [5.74, 6) is 1.53. The zero-order valence-corrected chi connectivity index (χ0v) is 23.0. The number of likely N-dealkylation sites (tertiary alicyclic amines) is 1. The van der Waals surface area contributed by atoms with Gasteiger partial charge in [-0.2, -0.15) is 15.0 Å². The van der Waals surface area contributed by atoms with Gasteiger partial charge in [-0.3, -0.25) is 14.4 Å². The van der Waals surface area contributed by atoms with Crippen molar-refractivity contribution in [3.05, 3.63) is 24.3 Å². The third kappa shape index (κ3) is 6.02. The Kier molecular flexibility index (Phi) is 8.00. The van der Waals surface area contributed by atoms with E-state index in [1.54, 1.807) is 0 Å². The minimum atomic E-state index is 0.0251. The van der Waals surface area contributed by atoms with Gasteiger partial charge in [0.05, 0.1) is 0 Å². The van der Waals surface area contributed by atoms with Crippen molar-refractivity contribution in [2.75, 3.05) is 19.6 Å². The maximum atomic E-state index is 13.6. The first kappa shape index (κ1) is 26.6. The van der Waals surface area contributed by atoms with Gasteiger partial charge in [-0.1, -0.05) is 32.9 Å². The molecule has 0 spiro atoms. The van der Waals surface area contributed by atoms with Crippen LogP contribution in [0.1, 0.15) is 65.7 Å². The van der Waals surface area contributed by atoms with Crippen molar-refractivity contribution in [1.29, 1.82) is 0 Å². The quantitative estimate of drug-likeness (QED) is 0.667. The Hall–Kier alpha value is -2.97. The van der Waals surface area contributed by atoms with E-state index in [-0.39, 0.29) is 54.1 Å². The summed E-state index contributed by atoms with van der Waals surface area (Å²) in [7, 11) is 0. The number of fused-ring (bicyclic) bond motifs is 5. The van der Waals surface area contributed by atoms with Crippen molar-refractivity contribution in [3.63, 3.8) is 0 Å². The van der Waals surface area contributed by atoms with Crippen LogP contribution >= 0.6 is 0 Å². The summed E-state index contributed by atoms with van der Waals surface area (Å²) in [6.07, 6.45) is 5.44. The average molecular weight is 523 g/mol. The molecule has 2 bridgehead atoms. The van der Waals surface area contributed by atoms with Gasteiger partial charge >= 0.3 is 0 Å². The number of hydrogen-bond acceptors (Lipinski definition) is 5. The van der Waals surface area contributed by atoms with Gasteiger partial charge in [0.1, 0.15) is 17.6 Å². The average Bonchev–Trinajstić information content (AvgIpc) is 3.29. The number of amides is 3. The van der Waals surface area contributed by atoms with Crippen molar-refractivity contribution in [1.82, 2.24) is 30.1 Å². The van der Waals surface area contributed by atoms with Crippen LogP contribution in [0.4, 0.5) is 0 Å². The summed E-state index contributed by atoms with van der Waals surface area (Å²) in [6.45, 7) is 8.58. The van der Waals surface area contributed by atoms with Crippen molar-refractivity contribution >= 4 is 28.8 Å². The predicted molar refractivity (Wildman–Crippen MR) is 145 cm³/mol. The van der Waals surface area contributed by atoms with Gasteiger partial charge in [0.2, 0.25) is 17.7 Å². The van der Waals surface area contributed by atoms with Crippen LogP contribution in [-0.2, 0) is 20.9 Å². The fourth-order valence-corrected chi connectivity index (χ4v) is 6.71. The molecule has 2 aromatic rings. The number of rotatable bonds is 3. The van der Waals surface area contributed by atoms with Gasteiger partial charge < -0.3 is 15.1 Å². The summed E-state index contributed by atoms with van der Waals surface area (Å²) in [5.41, 5.74) is 1.57. The fourth-order valence-electron chi connectivity index (χ4n) is 6.71. The van der Waals surface area contributed by atoms with Crippen molar-refractivity contribution in [3.8, 4) is 0 Å².